The molecule has 0 atom stereocenters. The normalized spacial score (nSPS) is 11.3. The third-order valence-corrected chi connectivity index (χ3v) is 5.26. The van der Waals surface area contributed by atoms with E-state index in [1.807, 2.05) is 35.9 Å². The van der Waals surface area contributed by atoms with Crippen LogP contribution in [0.2, 0.25) is 0 Å². The summed E-state index contributed by atoms with van der Waals surface area (Å²) in [5.41, 5.74) is 4.80. The van der Waals surface area contributed by atoms with Crippen molar-refractivity contribution < 1.29 is 5.11 Å². The molecule has 0 aliphatic heterocycles. The molecule has 2 aromatic carbocycles. The zero-order valence-electron chi connectivity index (χ0n) is 12.5. The molecule has 0 aliphatic carbocycles. The minimum Gasteiger partial charge on any atom is -0.508 e. The maximum atomic E-state index is 9.34. The lowest BCUT2D eigenvalue weighted by Crippen LogP contribution is -1.88. The van der Waals surface area contributed by atoms with Crippen LogP contribution in [-0.2, 0) is 0 Å². The fraction of sp³-hybridized carbons (Fsp3) is 0. The Bertz CT molecular complexity index is 969. The molecule has 4 aromatic rings. The SMILES string of the molecule is Oc1ccc(-c2csc(NN=Cc3cc4ccccc4s3)n2)cc1. The van der Waals surface area contributed by atoms with Gasteiger partial charge in [0.2, 0.25) is 5.13 Å². The number of phenols is 1. The summed E-state index contributed by atoms with van der Waals surface area (Å²) in [6, 6.07) is 17.4. The molecule has 118 valence electrons. The molecule has 0 saturated carbocycles. The Morgan fingerprint density at radius 3 is 2.75 bits per heavy atom. The summed E-state index contributed by atoms with van der Waals surface area (Å²) in [5, 5.41) is 17.5. The number of hydrazone groups is 1. The maximum Gasteiger partial charge on any atom is 0.203 e. The summed E-state index contributed by atoms with van der Waals surface area (Å²) in [4.78, 5) is 5.60. The van der Waals surface area contributed by atoms with E-state index in [9.17, 15) is 5.11 Å². The average Bonchev–Trinajstić information content (AvgIpc) is 3.22. The molecular formula is C18H13N3OS2. The van der Waals surface area contributed by atoms with Gasteiger partial charge in [0.1, 0.15) is 5.75 Å². The van der Waals surface area contributed by atoms with Gasteiger partial charge in [0.15, 0.2) is 0 Å². The highest BCUT2D eigenvalue weighted by molar-refractivity contribution is 7.20. The number of aromatic nitrogens is 1. The Morgan fingerprint density at radius 2 is 1.92 bits per heavy atom. The fourth-order valence-electron chi connectivity index (χ4n) is 2.31. The second-order valence-electron chi connectivity index (χ2n) is 5.14. The van der Waals surface area contributed by atoms with Crippen LogP contribution < -0.4 is 5.43 Å². The van der Waals surface area contributed by atoms with Gasteiger partial charge in [0.05, 0.1) is 11.9 Å². The van der Waals surface area contributed by atoms with E-state index in [4.69, 9.17) is 0 Å². The van der Waals surface area contributed by atoms with E-state index in [2.05, 4.69) is 33.7 Å². The van der Waals surface area contributed by atoms with Crippen molar-refractivity contribution in [2.45, 2.75) is 0 Å². The number of hydrogen-bond donors (Lipinski definition) is 2. The van der Waals surface area contributed by atoms with E-state index in [1.165, 1.54) is 21.4 Å². The van der Waals surface area contributed by atoms with Crippen molar-refractivity contribution in [3.05, 3.63) is 64.9 Å². The van der Waals surface area contributed by atoms with Crippen LogP contribution in [0.25, 0.3) is 21.3 Å². The first-order chi connectivity index (χ1) is 11.8. The van der Waals surface area contributed by atoms with Crippen LogP contribution >= 0.6 is 22.7 Å². The zero-order chi connectivity index (χ0) is 16.4. The van der Waals surface area contributed by atoms with Gasteiger partial charge in [-0.15, -0.1) is 22.7 Å². The highest BCUT2D eigenvalue weighted by Crippen LogP contribution is 2.27. The summed E-state index contributed by atoms with van der Waals surface area (Å²) in [7, 11) is 0. The monoisotopic (exact) mass is 351 g/mol. The van der Waals surface area contributed by atoms with Crippen LogP contribution in [-0.4, -0.2) is 16.3 Å². The highest BCUT2D eigenvalue weighted by Gasteiger charge is 2.04. The van der Waals surface area contributed by atoms with E-state index in [0.717, 1.165) is 21.3 Å². The van der Waals surface area contributed by atoms with Gasteiger partial charge in [-0.1, -0.05) is 18.2 Å². The number of rotatable bonds is 4. The van der Waals surface area contributed by atoms with Gasteiger partial charge < -0.3 is 5.11 Å². The number of fused-ring (bicyclic) bond motifs is 1. The molecule has 24 heavy (non-hydrogen) atoms. The molecule has 4 rings (SSSR count). The second kappa shape index (κ2) is 6.43. The molecule has 2 N–H and O–H groups in total. The smallest absolute Gasteiger partial charge is 0.203 e. The lowest BCUT2D eigenvalue weighted by molar-refractivity contribution is 0.475. The number of nitrogens with zero attached hydrogens (tertiary/aromatic N) is 2. The van der Waals surface area contributed by atoms with Crippen molar-refractivity contribution >= 4 is 44.1 Å². The van der Waals surface area contributed by atoms with Crippen LogP contribution in [0.4, 0.5) is 5.13 Å². The predicted molar refractivity (Wildman–Crippen MR) is 102 cm³/mol. The van der Waals surface area contributed by atoms with E-state index in [1.54, 1.807) is 23.5 Å². The van der Waals surface area contributed by atoms with E-state index >= 15 is 0 Å². The molecule has 0 aliphatic rings. The third-order valence-electron chi connectivity index (χ3n) is 3.46. The first-order valence-electron chi connectivity index (χ1n) is 7.30. The molecular weight excluding hydrogens is 338 g/mol. The molecule has 0 radical (unpaired) electrons. The van der Waals surface area contributed by atoms with Gasteiger partial charge >= 0.3 is 0 Å². The lowest BCUT2D eigenvalue weighted by atomic mass is 10.2. The van der Waals surface area contributed by atoms with Gasteiger partial charge in [0, 0.05) is 20.5 Å². The molecule has 0 amide bonds. The molecule has 6 heteroatoms. The summed E-state index contributed by atoms with van der Waals surface area (Å²) < 4.78 is 1.25. The first kappa shape index (κ1) is 14.9. The number of benzene rings is 2. The maximum absolute atomic E-state index is 9.34. The van der Waals surface area contributed by atoms with Crippen LogP contribution in [0.3, 0.4) is 0 Å². The van der Waals surface area contributed by atoms with Gasteiger partial charge in [-0.3, -0.25) is 5.43 Å². The second-order valence-corrected chi connectivity index (χ2v) is 7.11. The molecule has 0 fully saturated rings. The van der Waals surface area contributed by atoms with Gasteiger partial charge in [-0.05, 0) is 41.8 Å². The number of anilines is 1. The standard InChI is InChI=1S/C18H13N3OS2/c22-14-7-5-12(6-8-14)16-11-23-18(20-16)21-19-10-15-9-13-3-1-2-4-17(13)24-15/h1-11,22H,(H,20,21). The number of phenolic OH excluding ortho intramolecular Hbond substituents is 1. The van der Waals surface area contributed by atoms with Crippen molar-refractivity contribution in [3.63, 3.8) is 0 Å². The molecule has 2 heterocycles. The van der Waals surface area contributed by atoms with Crippen LogP contribution in [0.15, 0.2) is 65.1 Å². The summed E-state index contributed by atoms with van der Waals surface area (Å²) in [5.74, 6) is 0.250. The third kappa shape index (κ3) is 3.15. The summed E-state index contributed by atoms with van der Waals surface area (Å²) >= 11 is 3.20. The first-order valence-corrected chi connectivity index (χ1v) is 9.00. The van der Waals surface area contributed by atoms with Crippen LogP contribution in [0.1, 0.15) is 4.88 Å². The Labute approximate surface area is 146 Å². The van der Waals surface area contributed by atoms with E-state index in [-0.39, 0.29) is 5.75 Å². The van der Waals surface area contributed by atoms with E-state index in [0.29, 0.717) is 0 Å². The summed E-state index contributed by atoms with van der Waals surface area (Å²) in [6.07, 6.45) is 1.81. The van der Waals surface area contributed by atoms with Crippen molar-refractivity contribution in [2.75, 3.05) is 5.43 Å². The molecule has 0 spiro atoms. The van der Waals surface area contributed by atoms with Gasteiger partial charge in [-0.2, -0.15) is 5.10 Å². The van der Waals surface area contributed by atoms with Crippen LogP contribution in [0.5, 0.6) is 5.75 Å². The Balaban J connectivity index is 1.47. The van der Waals surface area contributed by atoms with Gasteiger partial charge in [0.25, 0.3) is 0 Å². The average molecular weight is 351 g/mol. The number of aromatic hydroxyl groups is 1. The lowest BCUT2D eigenvalue weighted by Gasteiger charge is -1.96. The number of thiazole rings is 1. The quantitative estimate of drug-likeness (QED) is 0.393. The number of thiophene rings is 1. The topological polar surface area (TPSA) is 57.5 Å². The van der Waals surface area contributed by atoms with E-state index < -0.39 is 0 Å². The Hall–Kier alpha value is -2.70. The largest absolute Gasteiger partial charge is 0.508 e. The predicted octanol–water partition coefficient (Wildman–Crippen LogP) is 5.18. The Morgan fingerprint density at radius 1 is 1.08 bits per heavy atom. The molecule has 4 nitrogen and oxygen atoms in total. The van der Waals surface area contributed by atoms with Crippen molar-refractivity contribution in [1.29, 1.82) is 0 Å². The van der Waals surface area contributed by atoms with Crippen molar-refractivity contribution in [3.8, 4) is 17.0 Å². The minimum atomic E-state index is 0.250. The zero-order valence-corrected chi connectivity index (χ0v) is 14.1. The number of nitrogens with one attached hydrogen (secondary N) is 1. The van der Waals surface area contributed by atoms with Crippen molar-refractivity contribution in [2.24, 2.45) is 5.10 Å². The summed E-state index contributed by atoms with van der Waals surface area (Å²) in [6.45, 7) is 0. The highest BCUT2D eigenvalue weighted by atomic mass is 32.1. The molecule has 0 bridgehead atoms. The molecule has 0 unspecified atom stereocenters. The number of hydrogen-bond acceptors (Lipinski definition) is 6. The van der Waals surface area contributed by atoms with Crippen molar-refractivity contribution in [1.82, 2.24) is 4.98 Å². The van der Waals surface area contributed by atoms with Gasteiger partial charge in [-0.25, -0.2) is 4.98 Å². The van der Waals surface area contributed by atoms with Crippen LogP contribution in [0, 0.1) is 0 Å². The molecule has 0 saturated heterocycles. The molecule has 2 aromatic heterocycles. The minimum absolute atomic E-state index is 0.250. The Kier molecular flexibility index (Phi) is 3.98. The fourth-order valence-corrected chi connectivity index (χ4v) is 3.91.